The van der Waals surface area contributed by atoms with Crippen molar-refractivity contribution in [3.63, 3.8) is 0 Å². The summed E-state index contributed by atoms with van der Waals surface area (Å²) in [4.78, 5) is 31.7. The molecule has 10 nitrogen and oxygen atoms in total. The fraction of sp³-hybridized carbons (Fsp3) is 0. The highest BCUT2D eigenvalue weighted by Crippen LogP contribution is 2.41. The quantitative estimate of drug-likeness (QED) is 0.384. The van der Waals surface area contributed by atoms with E-state index in [-0.39, 0.29) is 5.69 Å². The maximum absolute atomic E-state index is 11.7. The Bertz CT molecular complexity index is 1220. The number of nitrogens with zero attached hydrogens (tertiary/aromatic N) is 4. The maximum atomic E-state index is 11.7. The molecule has 1 heterocycles. The van der Waals surface area contributed by atoms with Crippen molar-refractivity contribution >= 4 is 38.9 Å². The molecule has 10 heteroatoms. The van der Waals surface area contributed by atoms with E-state index in [0.717, 1.165) is 10.8 Å². The van der Waals surface area contributed by atoms with Crippen molar-refractivity contribution in [2.75, 3.05) is 0 Å². The van der Waals surface area contributed by atoms with Gasteiger partial charge < -0.3 is 0 Å². The van der Waals surface area contributed by atoms with E-state index in [0.29, 0.717) is 17.1 Å². The van der Waals surface area contributed by atoms with Crippen molar-refractivity contribution in [2.24, 2.45) is 0 Å². The van der Waals surface area contributed by atoms with Gasteiger partial charge in [0.05, 0.1) is 31.9 Å². The molecule has 0 unspecified atom stereocenters. The Morgan fingerprint density at radius 3 is 1.75 bits per heavy atom. The monoisotopic (exact) mass is 377 g/mol. The summed E-state index contributed by atoms with van der Waals surface area (Å²) in [7, 11) is 0. The van der Waals surface area contributed by atoms with Crippen LogP contribution in [0.15, 0.2) is 54.6 Å². The lowest BCUT2D eigenvalue weighted by Crippen LogP contribution is -2.06. The molecular weight excluding hydrogens is 368 g/mol. The average molecular weight is 377 g/mol. The second-order valence-electron chi connectivity index (χ2n) is 5.88. The first kappa shape index (κ1) is 17.1. The van der Waals surface area contributed by atoms with Crippen LogP contribution in [0.1, 0.15) is 0 Å². The first-order valence-corrected chi connectivity index (χ1v) is 7.92. The first-order valence-electron chi connectivity index (χ1n) is 7.92. The van der Waals surface area contributed by atoms with Gasteiger partial charge in [-0.3, -0.25) is 34.9 Å². The fourth-order valence-electron chi connectivity index (χ4n) is 3.29. The molecule has 3 aromatic carbocycles. The molecule has 4 aromatic rings. The van der Waals surface area contributed by atoms with Gasteiger partial charge in [0.15, 0.2) is 6.07 Å². The highest BCUT2D eigenvalue weighted by molar-refractivity contribution is 6.09. The van der Waals surface area contributed by atoms with Crippen LogP contribution in [0.25, 0.3) is 27.5 Å². The Kier molecular flexibility index (Phi) is 3.74. The van der Waals surface area contributed by atoms with E-state index in [2.05, 4.69) is 6.07 Å². The third-order valence-corrected chi connectivity index (χ3v) is 4.37. The van der Waals surface area contributed by atoms with Crippen LogP contribution >= 0.6 is 0 Å². The number of non-ortho nitro benzene ring substituents is 1. The van der Waals surface area contributed by atoms with Gasteiger partial charge in [0.2, 0.25) is 5.69 Å². The molecule has 4 rings (SSSR count). The lowest BCUT2D eigenvalue weighted by molar-refractivity contribution is -0.403. The van der Waals surface area contributed by atoms with E-state index in [4.69, 9.17) is 0 Å². The summed E-state index contributed by atoms with van der Waals surface area (Å²) < 4.78 is 1.38. The second kappa shape index (κ2) is 6.13. The fourth-order valence-corrected chi connectivity index (χ4v) is 3.29. The zero-order valence-electron chi connectivity index (χ0n) is 13.9. The van der Waals surface area contributed by atoms with Crippen molar-refractivity contribution in [1.29, 1.82) is 0 Å². The summed E-state index contributed by atoms with van der Waals surface area (Å²) >= 11 is 0. The van der Waals surface area contributed by atoms with Crippen LogP contribution in [-0.4, -0.2) is 19.3 Å². The molecule has 0 aliphatic rings. The van der Waals surface area contributed by atoms with Crippen LogP contribution in [-0.2, 0) is 0 Å². The van der Waals surface area contributed by atoms with E-state index in [1.54, 1.807) is 48.5 Å². The number of hydrogen-bond donors (Lipinski definition) is 0. The summed E-state index contributed by atoms with van der Waals surface area (Å²) in [5.41, 5.74) is -1.81. The minimum atomic E-state index is -0.949. The molecule has 1 radical (unpaired) electrons. The molecule has 0 N–H and O–H groups in total. The Hall–Kier alpha value is -4.34. The number of nitro benzene ring substituents is 3. The highest BCUT2D eigenvalue weighted by atomic mass is 16.6. The van der Waals surface area contributed by atoms with Crippen molar-refractivity contribution < 1.29 is 14.8 Å². The molecule has 1 aromatic heterocycles. The van der Waals surface area contributed by atoms with E-state index in [1.165, 1.54) is 4.57 Å². The van der Waals surface area contributed by atoms with Crippen LogP contribution < -0.4 is 0 Å². The van der Waals surface area contributed by atoms with Crippen molar-refractivity contribution in [3.8, 4) is 5.69 Å². The van der Waals surface area contributed by atoms with Crippen LogP contribution in [0.2, 0.25) is 0 Å². The molecule has 0 bridgehead atoms. The average Bonchev–Trinajstić information content (AvgIpc) is 3.01. The SMILES string of the molecule is O=[N+]([O-])c1[c]c([N+](=O)[O-])c(-n2c3ccccc3c3ccccc32)c([N+](=O)[O-])c1. The zero-order valence-corrected chi connectivity index (χ0v) is 13.9. The van der Waals surface area contributed by atoms with Gasteiger partial charge in [-0.1, -0.05) is 36.4 Å². The Morgan fingerprint density at radius 2 is 1.29 bits per heavy atom. The summed E-state index contributed by atoms with van der Waals surface area (Å²) in [5, 5.41) is 35.9. The molecule has 28 heavy (non-hydrogen) atoms. The molecule has 0 fully saturated rings. The van der Waals surface area contributed by atoms with Gasteiger partial charge in [-0.15, -0.1) is 0 Å². The van der Waals surface area contributed by atoms with Gasteiger partial charge in [-0.05, 0) is 12.1 Å². The highest BCUT2D eigenvalue weighted by Gasteiger charge is 2.34. The van der Waals surface area contributed by atoms with Gasteiger partial charge in [0.1, 0.15) is 0 Å². The van der Waals surface area contributed by atoms with E-state index in [9.17, 15) is 30.3 Å². The van der Waals surface area contributed by atoms with Gasteiger partial charge in [0.25, 0.3) is 5.69 Å². The summed E-state index contributed by atoms with van der Waals surface area (Å²) in [5.74, 6) is 0. The maximum Gasteiger partial charge on any atom is 0.315 e. The van der Waals surface area contributed by atoms with Crippen LogP contribution in [0, 0.1) is 36.4 Å². The molecule has 137 valence electrons. The second-order valence-corrected chi connectivity index (χ2v) is 5.88. The Morgan fingerprint density at radius 1 is 0.750 bits per heavy atom. The van der Waals surface area contributed by atoms with Crippen molar-refractivity contribution in [2.45, 2.75) is 0 Å². The van der Waals surface area contributed by atoms with E-state index >= 15 is 0 Å². The predicted molar refractivity (Wildman–Crippen MR) is 99.6 cm³/mol. The number of para-hydroxylation sites is 2. The third kappa shape index (κ3) is 2.43. The Labute approximate surface area is 155 Å². The molecule has 0 spiro atoms. The van der Waals surface area contributed by atoms with Crippen LogP contribution in [0.5, 0.6) is 0 Å². The number of hydrogen-bond acceptors (Lipinski definition) is 6. The minimum Gasteiger partial charge on any atom is -0.298 e. The van der Waals surface area contributed by atoms with Gasteiger partial charge in [0, 0.05) is 10.8 Å². The Balaban J connectivity index is 2.25. The summed E-state index contributed by atoms with van der Waals surface area (Å²) in [6, 6.07) is 16.7. The van der Waals surface area contributed by atoms with Crippen LogP contribution in [0.3, 0.4) is 0 Å². The molecule has 0 saturated carbocycles. The lowest BCUT2D eigenvalue weighted by atomic mass is 10.2. The molecule has 0 aliphatic carbocycles. The van der Waals surface area contributed by atoms with Gasteiger partial charge in [-0.25, -0.2) is 0 Å². The number of aromatic nitrogens is 1. The molecule has 0 amide bonds. The third-order valence-electron chi connectivity index (χ3n) is 4.37. The number of fused-ring (bicyclic) bond motifs is 3. The van der Waals surface area contributed by atoms with E-state index < -0.39 is 31.8 Å². The molecule has 0 aliphatic heterocycles. The summed E-state index contributed by atoms with van der Waals surface area (Å²) in [6.07, 6.45) is 0. The smallest absolute Gasteiger partial charge is 0.298 e. The van der Waals surface area contributed by atoms with Crippen LogP contribution in [0.4, 0.5) is 17.1 Å². The number of benzene rings is 3. The first-order chi connectivity index (χ1) is 13.4. The molecule has 0 atom stereocenters. The van der Waals surface area contributed by atoms with Gasteiger partial charge in [-0.2, -0.15) is 0 Å². The largest absolute Gasteiger partial charge is 0.315 e. The van der Waals surface area contributed by atoms with Crippen molar-refractivity contribution in [1.82, 2.24) is 4.57 Å². The topological polar surface area (TPSA) is 134 Å². The standard InChI is InChI=1S/C18H9N4O6/c23-20(24)11-9-16(21(25)26)18(17(10-11)22(27)28)19-14-7-3-1-5-12(14)13-6-2-4-8-15(13)19/h1-9H. The van der Waals surface area contributed by atoms with E-state index in [1.807, 2.05) is 0 Å². The predicted octanol–water partition coefficient (Wildman–Crippen LogP) is 4.31. The minimum absolute atomic E-state index is 0.377. The lowest BCUT2D eigenvalue weighted by Gasteiger charge is -2.09. The normalized spacial score (nSPS) is 11.0. The summed E-state index contributed by atoms with van der Waals surface area (Å²) in [6.45, 7) is 0. The molecular formula is C18H9N4O6. The van der Waals surface area contributed by atoms with Gasteiger partial charge >= 0.3 is 11.4 Å². The van der Waals surface area contributed by atoms with Crippen molar-refractivity contribution in [3.05, 3.63) is 91.0 Å². The number of rotatable bonds is 4. The molecule has 0 saturated heterocycles. The zero-order chi connectivity index (χ0) is 20.0. The number of nitro groups is 3.